The van der Waals surface area contributed by atoms with E-state index in [0.717, 1.165) is 37.3 Å². The number of anilines is 1. The first-order chi connectivity index (χ1) is 16.0. The summed E-state index contributed by atoms with van der Waals surface area (Å²) in [6.45, 7) is 5.92. The Bertz CT molecular complexity index is 1220. The van der Waals surface area contributed by atoms with Gasteiger partial charge in [-0.3, -0.25) is 4.90 Å². The van der Waals surface area contributed by atoms with E-state index in [1.54, 1.807) is 6.07 Å². The van der Waals surface area contributed by atoms with Crippen LogP contribution in [0.15, 0.2) is 41.8 Å². The minimum Gasteiger partial charge on any atom is -0.454 e. The van der Waals surface area contributed by atoms with Crippen molar-refractivity contribution in [2.24, 2.45) is 0 Å². The van der Waals surface area contributed by atoms with Crippen LogP contribution in [0.2, 0.25) is 10.0 Å². The second-order valence-corrected chi connectivity index (χ2v) is 10.2. The Hall–Kier alpha value is -2.43. The van der Waals surface area contributed by atoms with Crippen LogP contribution in [-0.4, -0.2) is 30.8 Å². The molecule has 1 atom stereocenters. The van der Waals surface area contributed by atoms with Crippen molar-refractivity contribution in [3.63, 3.8) is 0 Å². The number of nitriles is 1. The van der Waals surface area contributed by atoms with Crippen LogP contribution in [0.5, 0.6) is 11.5 Å². The van der Waals surface area contributed by atoms with E-state index in [4.69, 9.17) is 32.7 Å². The highest BCUT2D eigenvalue weighted by molar-refractivity contribution is 7.10. The third-order valence-corrected chi connectivity index (χ3v) is 7.98. The summed E-state index contributed by atoms with van der Waals surface area (Å²) in [4.78, 5) is 6.27. The van der Waals surface area contributed by atoms with Crippen molar-refractivity contribution in [2.75, 3.05) is 24.8 Å². The third-order valence-electron chi connectivity index (χ3n) is 6.31. The van der Waals surface area contributed by atoms with Gasteiger partial charge in [-0.1, -0.05) is 23.2 Å². The first kappa shape index (κ1) is 22.4. The van der Waals surface area contributed by atoms with E-state index in [9.17, 15) is 5.26 Å². The van der Waals surface area contributed by atoms with Gasteiger partial charge in [0.25, 0.3) is 0 Å². The molecular formula is C25H23Cl2N3O2S. The van der Waals surface area contributed by atoms with Crippen LogP contribution in [0.25, 0.3) is 0 Å². The maximum atomic E-state index is 9.30. The predicted molar refractivity (Wildman–Crippen MR) is 133 cm³/mol. The molecular weight excluding hydrogens is 477 g/mol. The number of benzene rings is 2. The molecule has 2 aliphatic heterocycles. The predicted octanol–water partition coefficient (Wildman–Crippen LogP) is 6.24. The van der Waals surface area contributed by atoms with Crippen molar-refractivity contribution in [3.05, 3.63) is 73.4 Å². The topological polar surface area (TPSA) is 48.7 Å². The highest BCUT2D eigenvalue weighted by Gasteiger charge is 2.30. The summed E-state index contributed by atoms with van der Waals surface area (Å²) in [5, 5.41) is 12.6. The fourth-order valence-corrected chi connectivity index (χ4v) is 5.83. The molecule has 0 saturated carbocycles. The SMILES string of the molecule is Cc1ccsc1CN1CC[C@H](N(Cc2cc3c(cc2Cl)OCO3)c2ccc(C#N)c(Cl)c2)C1. The molecule has 0 aliphatic carbocycles. The quantitative estimate of drug-likeness (QED) is 0.401. The number of aryl methyl sites for hydroxylation is 1. The lowest BCUT2D eigenvalue weighted by Gasteiger charge is -2.32. The molecule has 0 N–H and O–H groups in total. The molecule has 170 valence electrons. The Labute approximate surface area is 207 Å². The second kappa shape index (κ2) is 9.44. The van der Waals surface area contributed by atoms with E-state index in [-0.39, 0.29) is 12.8 Å². The van der Waals surface area contributed by atoms with Gasteiger partial charge < -0.3 is 14.4 Å². The van der Waals surface area contributed by atoms with E-state index in [1.165, 1.54) is 10.4 Å². The zero-order valence-electron chi connectivity index (χ0n) is 18.2. The van der Waals surface area contributed by atoms with Crippen molar-refractivity contribution in [1.29, 1.82) is 5.26 Å². The standard InChI is InChI=1S/C25H23Cl2N3O2S/c1-16-5-7-33-25(16)14-29-6-4-20(13-29)30(19-3-2-17(11-28)21(26)9-19)12-18-8-23-24(10-22(18)27)32-15-31-23/h2-3,5,7-10,20H,4,6,12-15H2,1H3/t20-/m0/s1. The van der Waals surface area contributed by atoms with E-state index in [0.29, 0.717) is 33.7 Å². The fourth-order valence-electron chi connectivity index (χ4n) is 4.45. The molecule has 1 fully saturated rings. The average molecular weight is 500 g/mol. The number of hydrogen-bond acceptors (Lipinski definition) is 6. The fraction of sp³-hybridized carbons (Fsp3) is 0.320. The molecule has 8 heteroatoms. The highest BCUT2D eigenvalue weighted by Crippen LogP contribution is 2.38. The summed E-state index contributed by atoms with van der Waals surface area (Å²) in [6, 6.07) is 14.0. The summed E-state index contributed by atoms with van der Waals surface area (Å²) in [5.41, 5.74) is 3.77. The summed E-state index contributed by atoms with van der Waals surface area (Å²) in [7, 11) is 0. The van der Waals surface area contributed by atoms with Crippen LogP contribution in [0.3, 0.4) is 0 Å². The van der Waals surface area contributed by atoms with Gasteiger partial charge in [-0.2, -0.15) is 5.26 Å². The van der Waals surface area contributed by atoms with Crippen LogP contribution < -0.4 is 14.4 Å². The summed E-state index contributed by atoms with van der Waals surface area (Å²) >= 11 is 14.9. The number of hydrogen-bond donors (Lipinski definition) is 0. The van der Waals surface area contributed by atoms with E-state index >= 15 is 0 Å². The Morgan fingerprint density at radius 2 is 1.97 bits per heavy atom. The highest BCUT2D eigenvalue weighted by atomic mass is 35.5. The van der Waals surface area contributed by atoms with Crippen molar-refractivity contribution in [1.82, 2.24) is 4.90 Å². The largest absolute Gasteiger partial charge is 0.454 e. The van der Waals surface area contributed by atoms with Gasteiger partial charge in [0.15, 0.2) is 11.5 Å². The molecule has 1 saturated heterocycles. The molecule has 1 aromatic heterocycles. The van der Waals surface area contributed by atoms with Gasteiger partial charge >= 0.3 is 0 Å². The minimum atomic E-state index is 0.212. The number of ether oxygens (including phenoxy) is 2. The first-order valence-electron chi connectivity index (χ1n) is 10.8. The van der Waals surface area contributed by atoms with Crippen molar-refractivity contribution >= 4 is 40.2 Å². The molecule has 0 radical (unpaired) electrons. The summed E-state index contributed by atoms with van der Waals surface area (Å²) < 4.78 is 11.0. The lowest BCUT2D eigenvalue weighted by Crippen LogP contribution is -2.37. The van der Waals surface area contributed by atoms with Gasteiger partial charge in [-0.05, 0) is 60.2 Å². The zero-order chi connectivity index (χ0) is 22.9. The summed E-state index contributed by atoms with van der Waals surface area (Å²) in [6.07, 6.45) is 1.03. The van der Waals surface area contributed by atoms with Gasteiger partial charge in [-0.15, -0.1) is 11.3 Å². The normalized spacial score (nSPS) is 17.3. The molecule has 2 aromatic carbocycles. The van der Waals surface area contributed by atoms with Gasteiger partial charge in [0.2, 0.25) is 6.79 Å². The molecule has 0 spiro atoms. The Kier molecular flexibility index (Phi) is 6.40. The van der Waals surface area contributed by atoms with Crippen molar-refractivity contribution in [2.45, 2.75) is 32.5 Å². The van der Waals surface area contributed by atoms with Gasteiger partial charge in [0.05, 0.1) is 10.6 Å². The van der Waals surface area contributed by atoms with E-state index < -0.39 is 0 Å². The lowest BCUT2D eigenvalue weighted by atomic mass is 10.1. The van der Waals surface area contributed by atoms with Crippen LogP contribution >= 0.6 is 34.5 Å². The number of thiophene rings is 1. The zero-order valence-corrected chi connectivity index (χ0v) is 20.5. The number of fused-ring (bicyclic) bond motifs is 1. The molecule has 0 unspecified atom stereocenters. The monoisotopic (exact) mass is 499 g/mol. The smallest absolute Gasteiger partial charge is 0.231 e. The summed E-state index contributed by atoms with van der Waals surface area (Å²) in [5.74, 6) is 1.39. The number of likely N-dealkylation sites (tertiary alicyclic amines) is 1. The average Bonchev–Trinajstić information content (AvgIpc) is 3.54. The van der Waals surface area contributed by atoms with Crippen LogP contribution in [0.1, 0.15) is 28.0 Å². The molecule has 3 aromatic rings. The first-order valence-corrected chi connectivity index (χ1v) is 12.4. The molecule has 2 aliphatic rings. The number of halogens is 2. The van der Waals surface area contributed by atoms with E-state index in [1.807, 2.05) is 35.6 Å². The van der Waals surface area contributed by atoms with Gasteiger partial charge in [-0.25, -0.2) is 0 Å². The second-order valence-electron chi connectivity index (χ2n) is 8.41. The molecule has 3 heterocycles. The minimum absolute atomic E-state index is 0.212. The molecule has 0 bridgehead atoms. The molecule has 33 heavy (non-hydrogen) atoms. The number of nitrogens with zero attached hydrogens (tertiary/aromatic N) is 3. The van der Waals surface area contributed by atoms with Crippen LogP contribution in [0.4, 0.5) is 5.69 Å². The Balaban J connectivity index is 1.43. The lowest BCUT2D eigenvalue weighted by molar-refractivity contribution is 0.174. The molecule has 5 nitrogen and oxygen atoms in total. The van der Waals surface area contributed by atoms with Crippen molar-refractivity contribution < 1.29 is 9.47 Å². The number of rotatable bonds is 6. The Morgan fingerprint density at radius 3 is 2.70 bits per heavy atom. The van der Waals surface area contributed by atoms with E-state index in [2.05, 4.69) is 34.2 Å². The van der Waals surface area contributed by atoms with Crippen LogP contribution in [0, 0.1) is 18.3 Å². The maximum absolute atomic E-state index is 9.30. The van der Waals surface area contributed by atoms with Crippen molar-refractivity contribution in [3.8, 4) is 17.6 Å². The Morgan fingerprint density at radius 1 is 1.15 bits per heavy atom. The van der Waals surface area contributed by atoms with Gasteiger partial charge in [0.1, 0.15) is 6.07 Å². The molecule has 5 rings (SSSR count). The van der Waals surface area contributed by atoms with Crippen LogP contribution in [-0.2, 0) is 13.1 Å². The van der Waals surface area contributed by atoms with Gasteiger partial charge in [0, 0.05) is 53.9 Å². The maximum Gasteiger partial charge on any atom is 0.231 e. The molecule has 0 amide bonds. The third kappa shape index (κ3) is 4.64.